The van der Waals surface area contributed by atoms with Crippen LogP contribution in [0.2, 0.25) is 0 Å². The molecule has 1 heterocycles. The van der Waals surface area contributed by atoms with Crippen LogP contribution >= 0.6 is 0 Å². The van der Waals surface area contributed by atoms with E-state index in [2.05, 4.69) is 25.9 Å². The highest BCUT2D eigenvalue weighted by Crippen LogP contribution is 2.34. The molecule has 0 bridgehead atoms. The number of anilines is 4. The zero-order valence-corrected chi connectivity index (χ0v) is 15.1. The Kier molecular flexibility index (Phi) is 5.89. The number of rotatable bonds is 7. The molecule has 0 atom stereocenters. The fourth-order valence-electron chi connectivity index (χ4n) is 2.26. The molecule has 2 aromatic rings. The molecule has 5 N–H and O–H groups in total. The van der Waals surface area contributed by atoms with Gasteiger partial charge in [-0.1, -0.05) is 6.07 Å². The van der Waals surface area contributed by atoms with Crippen molar-refractivity contribution in [2.24, 2.45) is 0 Å². The number of hydrogen-bond acceptors (Lipinski definition) is 7. The molecule has 7 nitrogen and oxygen atoms in total. The van der Waals surface area contributed by atoms with Crippen LogP contribution in [-0.2, 0) is 6.18 Å². The zero-order valence-electron chi connectivity index (χ0n) is 15.1. The van der Waals surface area contributed by atoms with Crippen LogP contribution in [-0.4, -0.2) is 40.5 Å². The molecule has 0 amide bonds. The van der Waals surface area contributed by atoms with Crippen molar-refractivity contribution < 1.29 is 18.3 Å². The molecule has 0 spiro atoms. The Morgan fingerprint density at radius 3 is 2.44 bits per heavy atom. The van der Waals surface area contributed by atoms with E-state index in [0.29, 0.717) is 23.1 Å². The third-order valence-corrected chi connectivity index (χ3v) is 3.54. The van der Waals surface area contributed by atoms with Crippen molar-refractivity contribution in [2.45, 2.75) is 25.6 Å². The number of alkyl halides is 3. The predicted octanol–water partition coefficient (Wildman–Crippen LogP) is 3.46. The molecule has 0 saturated heterocycles. The van der Waals surface area contributed by atoms with E-state index < -0.39 is 17.3 Å². The summed E-state index contributed by atoms with van der Waals surface area (Å²) < 4.78 is 38.8. The molecule has 1 aromatic heterocycles. The Bertz CT molecular complexity index is 817. The lowest BCUT2D eigenvalue weighted by atomic mass is 10.1. The van der Waals surface area contributed by atoms with Gasteiger partial charge in [0.05, 0.1) is 11.3 Å². The molecule has 0 unspecified atom stereocenters. The quantitative estimate of drug-likeness (QED) is 0.470. The average Bonchev–Trinajstić information content (AvgIpc) is 2.58. The number of hydrogen-bond donors (Lipinski definition) is 5. The first-order chi connectivity index (χ1) is 12.5. The minimum atomic E-state index is -4.57. The van der Waals surface area contributed by atoms with Gasteiger partial charge in [0.15, 0.2) is 0 Å². The van der Waals surface area contributed by atoms with E-state index in [1.165, 1.54) is 7.05 Å². The van der Waals surface area contributed by atoms with E-state index in [0.717, 1.165) is 6.21 Å². The summed E-state index contributed by atoms with van der Waals surface area (Å²) in [5.41, 5.74) is -0.453. The number of nitrogens with one attached hydrogen (secondary N) is 4. The fraction of sp³-hybridized carbons (Fsp3) is 0.353. The summed E-state index contributed by atoms with van der Waals surface area (Å²) >= 11 is 0. The van der Waals surface area contributed by atoms with E-state index in [4.69, 9.17) is 5.41 Å². The Hall–Kier alpha value is -2.88. The molecule has 0 aliphatic carbocycles. The summed E-state index contributed by atoms with van der Waals surface area (Å²) in [6, 6.07) is 5.07. The van der Waals surface area contributed by atoms with E-state index in [1.807, 2.05) is 0 Å². The third-order valence-electron chi connectivity index (χ3n) is 3.54. The lowest BCUT2D eigenvalue weighted by Gasteiger charge is -2.20. The van der Waals surface area contributed by atoms with Crippen LogP contribution in [0.25, 0.3) is 0 Å². The minimum Gasteiger partial charge on any atom is -0.389 e. The highest BCUT2D eigenvalue weighted by molar-refractivity contribution is 5.94. The van der Waals surface area contributed by atoms with Gasteiger partial charge in [-0.3, -0.25) is 0 Å². The van der Waals surface area contributed by atoms with Crippen molar-refractivity contribution in [3.8, 4) is 0 Å². The van der Waals surface area contributed by atoms with Crippen LogP contribution in [0.5, 0.6) is 0 Å². The third kappa shape index (κ3) is 5.30. The molecule has 2 rings (SSSR count). The molecule has 0 aliphatic heterocycles. The van der Waals surface area contributed by atoms with E-state index in [9.17, 15) is 18.3 Å². The maximum Gasteiger partial charge on any atom is 0.421 e. The molecule has 146 valence electrons. The largest absolute Gasteiger partial charge is 0.421 e. The van der Waals surface area contributed by atoms with Crippen molar-refractivity contribution in [3.05, 3.63) is 35.5 Å². The number of benzene rings is 1. The van der Waals surface area contributed by atoms with E-state index in [-0.39, 0.29) is 18.3 Å². The smallest absolute Gasteiger partial charge is 0.389 e. The van der Waals surface area contributed by atoms with E-state index >= 15 is 0 Å². The van der Waals surface area contributed by atoms with Crippen LogP contribution in [0.3, 0.4) is 0 Å². The molecule has 0 fully saturated rings. The normalized spacial score (nSPS) is 11.8. The predicted molar refractivity (Wildman–Crippen MR) is 99.0 cm³/mol. The maximum atomic E-state index is 12.9. The van der Waals surface area contributed by atoms with Gasteiger partial charge >= 0.3 is 6.18 Å². The first-order valence-electron chi connectivity index (χ1n) is 8.04. The molecule has 10 heteroatoms. The zero-order chi connectivity index (χ0) is 20.2. The molecule has 0 aliphatic rings. The Morgan fingerprint density at radius 2 is 1.89 bits per heavy atom. The van der Waals surface area contributed by atoms with Gasteiger partial charge in [-0.2, -0.15) is 18.2 Å². The first-order valence-corrected chi connectivity index (χ1v) is 8.04. The lowest BCUT2D eigenvalue weighted by Crippen LogP contribution is -2.29. The standard InChI is InChI=1S/C17H21F3N6O/c1-16(2,27)9-24-12-5-4-6-13(10(12)7-21)25-15-23-8-11(17(18,19)20)14(22-3)26-15/h4-8,21,24,27H,9H2,1-3H3,(H2,22,23,25,26). The molecule has 0 radical (unpaired) electrons. The lowest BCUT2D eigenvalue weighted by molar-refractivity contribution is -0.137. The molecular formula is C17H21F3N6O. The molecule has 27 heavy (non-hydrogen) atoms. The number of aromatic nitrogens is 2. The van der Waals surface area contributed by atoms with Crippen molar-refractivity contribution >= 4 is 29.4 Å². The first kappa shape index (κ1) is 20.4. The molecular weight excluding hydrogens is 361 g/mol. The SMILES string of the molecule is CNc1nc(Nc2cccc(NCC(C)(C)O)c2C=N)ncc1C(F)(F)F. The second-order valence-corrected chi connectivity index (χ2v) is 6.41. The Morgan fingerprint density at radius 1 is 1.22 bits per heavy atom. The van der Waals surface area contributed by atoms with Crippen molar-refractivity contribution in [1.82, 2.24) is 9.97 Å². The van der Waals surface area contributed by atoms with Gasteiger partial charge < -0.3 is 26.5 Å². The van der Waals surface area contributed by atoms with Gasteiger partial charge in [-0.25, -0.2) is 4.98 Å². The van der Waals surface area contributed by atoms with Crippen LogP contribution in [0, 0.1) is 5.41 Å². The van der Waals surface area contributed by atoms with Gasteiger partial charge in [0.2, 0.25) is 5.95 Å². The summed E-state index contributed by atoms with van der Waals surface area (Å²) in [5.74, 6) is -0.400. The van der Waals surface area contributed by atoms with Crippen LogP contribution in [0.15, 0.2) is 24.4 Å². The van der Waals surface area contributed by atoms with Gasteiger partial charge in [-0.15, -0.1) is 0 Å². The topological polar surface area (TPSA) is 106 Å². The monoisotopic (exact) mass is 382 g/mol. The second kappa shape index (κ2) is 7.78. The van der Waals surface area contributed by atoms with Gasteiger partial charge in [0.1, 0.15) is 11.4 Å². The Labute approximate surface area is 154 Å². The summed E-state index contributed by atoms with van der Waals surface area (Å²) in [4.78, 5) is 7.58. The Balaban J connectivity index is 2.33. The van der Waals surface area contributed by atoms with Crippen molar-refractivity contribution in [2.75, 3.05) is 29.5 Å². The summed E-state index contributed by atoms with van der Waals surface area (Å²) in [5, 5.41) is 25.8. The second-order valence-electron chi connectivity index (χ2n) is 6.41. The van der Waals surface area contributed by atoms with Crippen molar-refractivity contribution in [3.63, 3.8) is 0 Å². The average molecular weight is 382 g/mol. The molecule has 1 aromatic carbocycles. The molecule has 0 saturated carbocycles. The van der Waals surface area contributed by atoms with E-state index in [1.54, 1.807) is 32.0 Å². The maximum absolute atomic E-state index is 12.9. The van der Waals surface area contributed by atoms with Gasteiger partial charge in [-0.05, 0) is 26.0 Å². The van der Waals surface area contributed by atoms with Crippen LogP contribution < -0.4 is 16.0 Å². The highest BCUT2D eigenvalue weighted by atomic mass is 19.4. The van der Waals surface area contributed by atoms with Gasteiger partial charge in [0.25, 0.3) is 0 Å². The fourth-order valence-corrected chi connectivity index (χ4v) is 2.26. The minimum absolute atomic E-state index is 0.0462. The summed E-state index contributed by atoms with van der Waals surface area (Å²) in [6.07, 6.45) is -2.78. The number of aliphatic hydroxyl groups is 1. The van der Waals surface area contributed by atoms with Crippen molar-refractivity contribution in [1.29, 1.82) is 5.41 Å². The summed E-state index contributed by atoms with van der Waals surface area (Å²) in [7, 11) is 1.34. The number of halogens is 3. The summed E-state index contributed by atoms with van der Waals surface area (Å²) in [6.45, 7) is 3.53. The highest BCUT2D eigenvalue weighted by Gasteiger charge is 2.35. The van der Waals surface area contributed by atoms with Crippen LogP contribution in [0.4, 0.5) is 36.3 Å². The number of nitrogens with zero attached hydrogens (tertiary/aromatic N) is 2. The van der Waals surface area contributed by atoms with Gasteiger partial charge in [0, 0.05) is 37.3 Å². The van der Waals surface area contributed by atoms with Crippen LogP contribution in [0.1, 0.15) is 25.0 Å².